The maximum Gasteiger partial charge on any atom is 0.0499 e. The number of aromatic nitrogens is 1. The van der Waals surface area contributed by atoms with Crippen LogP contribution >= 0.6 is 0 Å². The molecule has 0 fully saturated rings. The minimum absolute atomic E-state index is 0.196. The van der Waals surface area contributed by atoms with Crippen LogP contribution in [0.1, 0.15) is 6.42 Å². The molecule has 4 heteroatoms. The number of nitrogen functional groups attached to an aromatic ring is 1. The van der Waals surface area contributed by atoms with Crippen LogP contribution in [0.15, 0.2) is 36.5 Å². The zero-order valence-electron chi connectivity index (χ0n) is 10.6. The number of nitrogens with one attached hydrogen (secondary N) is 1. The van der Waals surface area contributed by atoms with Crippen LogP contribution in [-0.2, 0) is 7.05 Å². The second-order valence-corrected chi connectivity index (χ2v) is 4.31. The molecule has 1 aromatic heterocycles. The van der Waals surface area contributed by atoms with E-state index >= 15 is 0 Å². The fraction of sp³-hybridized carbons (Fsp3) is 0.286. The fourth-order valence-corrected chi connectivity index (χ4v) is 1.97. The summed E-state index contributed by atoms with van der Waals surface area (Å²) >= 11 is 0. The summed E-state index contributed by atoms with van der Waals surface area (Å²) < 4.78 is 2.06. The van der Waals surface area contributed by atoms with Gasteiger partial charge in [-0.15, -0.1) is 0 Å². The van der Waals surface area contributed by atoms with Crippen molar-refractivity contribution in [1.82, 2.24) is 4.57 Å². The molecule has 4 N–H and O–H groups in total. The molecule has 2 rings (SSSR count). The van der Waals surface area contributed by atoms with Gasteiger partial charge in [0.05, 0.1) is 0 Å². The van der Waals surface area contributed by atoms with Crippen LogP contribution in [-0.4, -0.2) is 22.8 Å². The van der Waals surface area contributed by atoms with Crippen LogP contribution in [0, 0.1) is 0 Å². The molecule has 0 amide bonds. The van der Waals surface area contributed by atoms with E-state index in [9.17, 15) is 0 Å². The number of anilines is 2. The van der Waals surface area contributed by atoms with E-state index in [1.54, 1.807) is 0 Å². The van der Waals surface area contributed by atoms with Crippen molar-refractivity contribution in [3.05, 3.63) is 36.5 Å². The van der Waals surface area contributed by atoms with Gasteiger partial charge in [-0.3, -0.25) is 0 Å². The molecule has 4 nitrogen and oxygen atoms in total. The number of aliphatic hydroxyl groups excluding tert-OH is 1. The second kappa shape index (κ2) is 5.60. The van der Waals surface area contributed by atoms with Gasteiger partial charge in [-0.1, -0.05) is 0 Å². The Morgan fingerprint density at radius 1 is 1.33 bits per heavy atom. The van der Waals surface area contributed by atoms with Gasteiger partial charge in [0.25, 0.3) is 0 Å². The number of rotatable bonds is 5. The Kier molecular flexibility index (Phi) is 3.89. The van der Waals surface area contributed by atoms with Gasteiger partial charge in [-0.25, -0.2) is 0 Å². The molecule has 0 aliphatic heterocycles. The van der Waals surface area contributed by atoms with E-state index in [2.05, 4.69) is 16.0 Å². The zero-order chi connectivity index (χ0) is 13.0. The van der Waals surface area contributed by atoms with E-state index in [0.717, 1.165) is 35.6 Å². The number of hydrogen-bond acceptors (Lipinski definition) is 3. The Balaban J connectivity index is 2.32. The van der Waals surface area contributed by atoms with Crippen LogP contribution in [0.25, 0.3) is 11.3 Å². The molecule has 1 aromatic carbocycles. The highest BCUT2D eigenvalue weighted by Gasteiger charge is 2.08. The normalized spacial score (nSPS) is 10.6. The average Bonchev–Trinajstić information content (AvgIpc) is 2.77. The minimum atomic E-state index is 0.196. The van der Waals surface area contributed by atoms with Crippen molar-refractivity contribution in [3.63, 3.8) is 0 Å². The summed E-state index contributed by atoms with van der Waals surface area (Å²) in [6, 6.07) is 9.90. The fourth-order valence-electron chi connectivity index (χ4n) is 1.97. The van der Waals surface area contributed by atoms with Crippen LogP contribution in [0.5, 0.6) is 0 Å². The lowest BCUT2D eigenvalue weighted by atomic mass is 10.1. The monoisotopic (exact) mass is 245 g/mol. The number of hydrogen-bond donors (Lipinski definition) is 3. The largest absolute Gasteiger partial charge is 0.399 e. The van der Waals surface area contributed by atoms with Gasteiger partial charge in [0.2, 0.25) is 0 Å². The van der Waals surface area contributed by atoms with Crippen molar-refractivity contribution in [2.24, 2.45) is 7.05 Å². The number of aliphatic hydroxyl groups is 1. The highest BCUT2D eigenvalue weighted by Crippen LogP contribution is 2.30. The molecule has 0 aliphatic carbocycles. The van der Waals surface area contributed by atoms with Gasteiger partial charge in [0.1, 0.15) is 0 Å². The smallest absolute Gasteiger partial charge is 0.0499 e. The molecule has 1 heterocycles. The third kappa shape index (κ3) is 2.65. The van der Waals surface area contributed by atoms with Gasteiger partial charge in [-0.2, -0.15) is 0 Å². The summed E-state index contributed by atoms with van der Waals surface area (Å²) in [5, 5.41) is 12.1. The van der Waals surface area contributed by atoms with Crippen LogP contribution in [0.2, 0.25) is 0 Å². The van der Waals surface area contributed by atoms with E-state index in [0.29, 0.717) is 0 Å². The van der Waals surface area contributed by atoms with Crippen LogP contribution in [0.4, 0.5) is 11.4 Å². The van der Waals surface area contributed by atoms with Gasteiger partial charge in [0.15, 0.2) is 0 Å². The Bertz CT molecular complexity index is 520. The molecule has 0 radical (unpaired) electrons. The lowest BCUT2D eigenvalue weighted by molar-refractivity contribution is 0.292. The van der Waals surface area contributed by atoms with Crippen molar-refractivity contribution in [2.45, 2.75) is 6.42 Å². The minimum Gasteiger partial charge on any atom is -0.399 e. The third-order valence-corrected chi connectivity index (χ3v) is 2.91. The summed E-state index contributed by atoms with van der Waals surface area (Å²) in [5.74, 6) is 0. The molecule has 0 spiro atoms. The molecule has 0 atom stereocenters. The highest BCUT2D eigenvalue weighted by molar-refractivity contribution is 5.79. The Morgan fingerprint density at radius 3 is 2.83 bits per heavy atom. The lowest BCUT2D eigenvalue weighted by Gasteiger charge is -2.13. The molecule has 96 valence electrons. The zero-order valence-corrected chi connectivity index (χ0v) is 10.6. The van der Waals surface area contributed by atoms with E-state index in [1.165, 1.54) is 0 Å². The first kappa shape index (κ1) is 12.5. The van der Waals surface area contributed by atoms with Crippen molar-refractivity contribution in [2.75, 3.05) is 24.2 Å². The standard InChI is InChI=1S/C14H19N3O/c1-17-8-2-4-14(17)12-10-11(15)5-6-13(12)16-7-3-9-18/h2,4-6,8,10,16,18H,3,7,9,15H2,1H3. The predicted molar refractivity (Wildman–Crippen MR) is 75.5 cm³/mol. The molecule has 0 saturated carbocycles. The van der Waals surface area contributed by atoms with Crippen molar-refractivity contribution in [3.8, 4) is 11.3 Å². The average molecular weight is 245 g/mol. The summed E-state index contributed by atoms with van der Waals surface area (Å²) in [4.78, 5) is 0. The van der Waals surface area contributed by atoms with E-state index in [1.807, 2.05) is 37.5 Å². The number of nitrogens with zero attached hydrogens (tertiary/aromatic N) is 1. The van der Waals surface area contributed by atoms with E-state index < -0.39 is 0 Å². The topological polar surface area (TPSA) is 63.2 Å². The quantitative estimate of drug-likeness (QED) is 0.558. The molecule has 0 saturated heterocycles. The molecular weight excluding hydrogens is 226 g/mol. The van der Waals surface area contributed by atoms with Crippen LogP contribution < -0.4 is 11.1 Å². The molecule has 18 heavy (non-hydrogen) atoms. The molecule has 0 unspecified atom stereocenters. The van der Waals surface area contributed by atoms with Crippen LogP contribution in [0.3, 0.4) is 0 Å². The first-order chi connectivity index (χ1) is 8.72. The summed E-state index contributed by atoms with van der Waals surface area (Å²) in [6.07, 6.45) is 2.74. The molecule has 2 aromatic rings. The summed E-state index contributed by atoms with van der Waals surface area (Å²) in [7, 11) is 2.01. The first-order valence-electron chi connectivity index (χ1n) is 6.08. The third-order valence-electron chi connectivity index (χ3n) is 2.91. The summed E-state index contributed by atoms with van der Waals surface area (Å²) in [5.41, 5.74) is 9.85. The first-order valence-corrected chi connectivity index (χ1v) is 6.08. The Hall–Kier alpha value is -1.94. The number of aryl methyl sites for hydroxylation is 1. The van der Waals surface area contributed by atoms with Crippen molar-refractivity contribution >= 4 is 11.4 Å². The molecule has 0 bridgehead atoms. The maximum atomic E-state index is 8.82. The maximum absolute atomic E-state index is 8.82. The predicted octanol–water partition coefficient (Wildman–Crippen LogP) is 2.07. The number of benzene rings is 1. The highest BCUT2D eigenvalue weighted by atomic mass is 16.3. The molecule has 0 aliphatic rings. The van der Waals surface area contributed by atoms with E-state index in [-0.39, 0.29) is 6.61 Å². The van der Waals surface area contributed by atoms with Gasteiger partial charge in [0, 0.05) is 49.0 Å². The van der Waals surface area contributed by atoms with Crippen molar-refractivity contribution in [1.29, 1.82) is 0 Å². The Morgan fingerprint density at radius 2 is 2.17 bits per heavy atom. The second-order valence-electron chi connectivity index (χ2n) is 4.31. The van der Waals surface area contributed by atoms with Gasteiger partial charge >= 0.3 is 0 Å². The molecular formula is C14H19N3O. The lowest BCUT2D eigenvalue weighted by Crippen LogP contribution is -2.05. The van der Waals surface area contributed by atoms with Crippen molar-refractivity contribution < 1.29 is 5.11 Å². The van der Waals surface area contributed by atoms with Gasteiger partial charge < -0.3 is 20.7 Å². The SMILES string of the molecule is Cn1cccc1-c1cc(N)ccc1NCCCO. The Labute approximate surface area is 107 Å². The van der Waals surface area contributed by atoms with Gasteiger partial charge in [-0.05, 0) is 36.8 Å². The number of nitrogens with two attached hydrogens (primary N) is 1. The van der Waals surface area contributed by atoms with E-state index in [4.69, 9.17) is 10.8 Å². The summed E-state index contributed by atoms with van der Waals surface area (Å²) in [6.45, 7) is 0.944.